The van der Waals surface area contributed by atoms with Gasteiger partial charge in [0.15, 0.2) is 0 Å². The van der Waals surface area contributed by atoms with Crippen molar-refractivity contribution in [3.8, 4) is 28.1 Å². The smallest absolute Gasteiger partial charge is 0.124 e. The van der Waals surface area contributed by atoms with Gasteiger partial charge < -0.3 is 5.11 Å². The molecule has 0 fully saturated rings. The van der Waals surface area contributed by atoms with Crippen molar-refractivity contribution in [2.75, 3.05) is 0 Å². The van der Waals surface area contributed by atoms with E-state index >= 15 is 0 Å². The standard InChI is InChI=1S/C51H44N2OS/c1-49(2,3)35-27-33(28-36(29-35)50(4,5)6)39-31-43(38-15-7-10-18-44(38)54)53-48-37(39)25-23-32-22-24-34(30-40(32)48)51(47-21-13-14-26-52-47)41-16-8-11-19-45(41)55-46-20-12-9-17-42(46)51/h7-31,54H,1-6H3. The molecule has 3 nitrogen and oxygen atoms in total. The predicted octanol–water partition coefficient (Wildman–Crippen LogP) is 13.3. The minimum Gasteiger partial charge on any atom is -0.507 e. The Morgan fingerprint density at radius 1 is 0.564 bits per heavy atom. The number of pyridine rings is 2. The molecule has 8 aromatic rings. The summed E-state index contributed by atoms with van der Waals surface area (Å²) in [6.07, 6.45) is 1.91. The van der Waals surface area contributed by atoms with Gasteiger partial charge in [0, 0.05) is 32.3 Å². The number of fused-ring (bicyclic) bond motifs is 5. The maximum atomic E-state index is 11.2. The van der Waals surface area contributed by atoms with Gasteiger partial charge in [-0.15, -0.1) is 0 Å². The van der Waals surface area contributed by atoms with E-state index in [0.717, 1.165) is 49.8 Å². The fourth-order valence-corrected chi connectivity index (χ4v) is 9.46. The summed E-state index contributed by atoms with van der Waals surface area (Å²) in [4.78, 5) is 13.0. The number of para-hydroxylation sites is 1. The molecular formula is C51H44N2OS. The van der Waals surface area contributed by atoms with Crippen LogP contribution >= 0.6 is 11.8 Å². The molecule has 0 radical (unpaired) electrons. The zero-order valence-electron chi connectivity index (χ0n) is 32.2. The highest BCUT2D eigenvalue weighted by atomic mass is 32.2. The molecule has 55 heavy (non-hydrogen) atoms. The minimum absolute atomic E-state index is 0.0500. The molecule has 4 heteroatoms. The van der Waals surface area contributed by atoms with Crippen LogP contribution in [0, 0.1) is 0 Å². The number of phenolic OH excluding ortho intramolecular Hbond substituents is 1. The van der Waals surface area contributed by atoms with Gasteiger partial charge in [-0.1, -0.05) is 150 Å². The lowest BCUT2D eigenvalue weighted by Crippen LogP contribution is -2.34. The Balaban J connectivity index is 1.41. The quantitative estimate of drug-likeness (QED) is 0.183. The number of aromatic nitrogens is 2. The van der Waals surface area contributed by atoms with Gasteiger partial charge in [0.1, 0.15) is 5.75 Å². The predicted molar refractivity (Wildman–Crippen MR) is 229 cm³/mol. The SMILES string of the molecule is CC(C)(C)c1cc(-c2cc(-c3ccccc3O)nc3c2ccc2ccc(C4(c5ccccn5)c5ccccc5Sc5ccccc54)cc23)cc(C(C)(C)C)c1. The molecule has 0 spiro atoms. The molecular weight excluding hydrogens is 689 g/mol. The van der Waals surface area contributed by atoms with Crippen molar-refractivity contribution in [3.63, 3.8) is 0 Å². The summed E-state index contributed by atoms with van der Waals surface area (Å²) >= 11 is 1.82. The summed E-state index contributed by atoms with van der Waals surface area (Å²) in [5.74, 6) is 0.210. The van der Waals surface area contributed by atoms with Crippen LogP contribution in [0.1, 0.15) is 75.1 Å². The van der Waals surface area contributed by atoms with Crippen LogP contribution in [0.4, 0.5) is 0 Å². The van der Waals surface area contributed by atoms with E-state index in [1.165, 1.54) is 32.0 Å². The third kappa shape index (κ3) is 5.82. The van der Waals surface area contributed by atoms with E-state index in [-0.39, 0.29) is 16.6 Å². The van der Waals surface area contributed by atoms with Crippen LogP contribution in [-0.2, 0) is 16.2 Å². The number of hydrogen-bond donors (Lipinski definition) is 1. The van der Waals surface area contributed by atoms with E-state index < -0.39 is 5.41 Å². The Bertz CT molecular complexity index is 2700. The Morgan fingerprint density at radius 3 is 1.82 bits per heavy atom. The molecule has 1 aliphatic rings. The third-order valence-electron chi connectivity index (χ3n) is 11.2. The van der Waals surface area contributed by atoms with Crippen molar-refractivity contribution in [2.45, 2.75) is 67.6 Å². The summed E-state index contributed by atoms with van der Waals surface area (Å²) in [6.45, 7) is 13.7. The first kappa shape index (κ1) is 35.0. The van der Waals surface area contributed by atoms with Gasteiger partial charge in [0.05, 0.1) is 22.3 Å². The molecule has 2 aromatic heterocycles. The molecule has 0 saturated carbocycles. The summed E-state index contributed by atoms with van der Waals surface area (Å²) in [5, 5.41) is 14.5. The molecule has 6 aromatic carbocycles. The van der Waals surface area contributed by atoms with Crippen LogP contribution in [-0.4, -0.2) is 15.1 Å². The first-order chi connectivity index (χ1) is 26.4. The number of nitrogens with zero attached hydrogens (tertiary/aromatic N) is 2. The third-order valence-corrected chi connectivity index (χ3v) is 12.4. The van der Waals surface area contributed by atoms with Gasteiger partial charge in [-0.2, -0.15) is 0 Å². The average molecular weight is 733 g/mol. The first-order valence-corrected chi connectivity index (χ1v) is 19.9. The van der Waals surface area contributed by atoms with Gasteiger partial charge in [0.25, 0.3) is 0 Å². The summed E-state index contributed by atoms with van der Waals surface area (Å²) in [6, 6.07) is 51.9. The zero-order valence-corrected chi connectivity index (χ0v) is 33.0. The first-order valence-electron chi connectivity index (χ1n) is 19.0. The van der Waals surface area contributed by atoms with Crippen molar-refractivity contribution in [1.82, 2.24) is 9.97 Å². The highest BCUT2D eigenvalue weighted by molar-refractivity contribution is 7.99. The van der Waals surface area contributed by atoms with E-state index in [4.69, 9.17) is 9.97 Å². The second kappa shape index (κ2) is 13.0. The van der Waals surface area contributed by atoms with Crippen LogP contribution in [0.2, 0.25) is 0 Å². The van der Waals surface area contributed by atoms with Gasteiger partial charge in [-0.05, 0) is 104 Å². The van der Waals surface area contributed by atoms with Gasteiger partial charge in [-0.25, -0.2) is 4.98 Å². The van der Waals surface area contributed by atoms with Gasteiger partial charge in [-0.3, -0.25) is 4.98 Å². The Morgan fingerprint density at radius 2 is 1.18 bits per heavy atom. The molecule has 0 bridgehead atoms. The van der Waals surface area contributed by atoms with E-state index in [9.17, 15) is 5.11 Å². The van der Waals surface area contributed by atoms with Crippen LogP contribution in [0.15, 0.2) is 162 Å². The van der Waals surface area contributed by atoms with E-state index in [2.05, 4.69) is 157 Å². The van der Waals surface area contributed by atoms with Gasteiger partial charge >= 0.3 is 0 Å². The zero-order chi connectivity index (χ0) is 38.1. The number of benzene rings is 6. The van der Waals surface area contributed by atoms with Crippen molar-refractivity contribution < 1.29 is 5.11 Å². The summed E-state index contributed by atoms with van der Waals surface area (Å²) in [5.41, 5.74) is 10.9. The number of rotatable bonds is 4. The molecule has 0 saturated heterocycles. The second-order valence-corrected chi connectivity index (χ2v) is 17.9. The lowest BCUT2D eigenvalue weighted by atomic mass is 9.66. The summed E-state index contributed by atoms with van der Waals surface area (Å²) in [7, 11) is 0. The molecule has 0 aliphatic carbocycles. The Hall–Kier alpha value is -5.71. The van der Waals surface area contributed by atoms with Crippen molar-refractivity contribution >= 4 is 33.4 Å². The van der Waals surface area contributed by atoms with Crippen molar-refractivity contribution in [2.24, 2.45) is 0 Å². The molecule has 1 aliphatic heterocycles. The highest BCUT2D eigenvalue weighted by Crippen LogP contribution is 2.55. The maximum absolute atomic E-state index is 11.2. The lowest BCUT2D eigenvalue weighted by molar-refractivity contribution is 0.477. The molecule has 3 heterocycles. The maximum Gasteiger partial charge on any atom is 0.124 e. The van der Waals surface area contributed by atoms with Crippen molar-refractivity contribution in [3.05, 3.63) is 185 Å². The molecule has 9 rings (SSSR count). The molecule has 0 unspecified atom stereocenters. The second-order valence-electron chi connectivity index (χ2n) is 16.8. The highest BCUT2D eigenvalue weighted by Gasteiger charge is 2.45. The van der Waals surface area contributed by atoms with E-state index in [1.807, 2.05) is 42.2 Å². The fourth-order valence-electron chi connectivity index (χ4n) is 8.27. The Kier molecular flexibility index (Phi) is 8.25. The van der Waals surface area contributed by atoms with Crippen LogP contribution in [0.25, 0.3) is 44.1 Å². The van der Waals surface area contributed by atoms with Crippen molar-refractivity contribution in [1.29, 1.82) is 0 Å². The normalized spacial score (nSPS) is 13.8. The molecule has 270 valence electrons. The molecule has 1 N–H and O–H groups in total. The largest absolute Gasteiger partial charge is 0.507 e. The van der Waals surface area contributed by atoms with Crippen LogP contribution in [0.3, 0.4) is 0 Å². The molecule has 0 atom stereocenters. The van der Waals surface area contributed by atoms with Crippen LogP contribution in [0.5, 0.6) is 5.75 Å². The minimum atomic E-state index is -0.670. The number of hydrogen-bond acceptors (Lipinski definition) is 4. The van der Waals surface area contributed by atoms with E-state index in [0.29, 0.717) is 5.56 Å². The molecule has 0 amide bonds. The summed E-state index contributed by atoms with van der Waals surface area (Å²) < 4.78 is 0. The van der Waals surface area contributed by atoms with Crippen LogP contribution < -0.4 is 0 Å². The fraction of sp³-hybridized carbons (Fsp3) is 0.176. The van der Waals surface area contributed by atoms with Gasteiger partial charge in [0.2, 0.25) is 0 Å². The number of aromatic hydroxyl groups is 1. The Labute approximate surface area is 328 Å². The number of phenols is 1. The average Bonchev–Trinajstić information content (AvgIpc) is 3.19. The topological polar surface area (TPSA) is 46.0 Å². The monoisotopic (exact) mass is 732 g/mol. The lowest BCUT2D eigenvalue weighted by Gasteiger charge is -2.41. The van der Waals surface area contributed by atoms with E-state index in [1.54, 1.807) is 6.07 Å².